The largest absolute Gasteiger partial charge is 0.306 e. The Kier molecular flexibility index (Phi) is 4.88. The molecule has 1 saturated carbocycles. The molecule has 0 unspecified atom stereocenters. The fourth-order valence-electron chi connectivity index (χ4n) is 2.55. The molecule has 1 aliphatic carbocycles. The topological polar surface area (TPSA) is 12.0 Å². The first-order valence-corrected chi connectivity index (χ1v) is 7.31. The molecule has 1 N–H and O–H groups in total. The Morgan fingerprint density at radius 2 is 1.94 bits per heavy atom. The lowest BCUT2D eigenvalue weighted by molar-refractivity contribution is 0.255. The minimum absolute atomic E-state index is 0.0332. The van der Waals surface area contributed by atoms with Crippen molar-refractivity contribution in [3.63, 3.8) is 0 Å². The fraction of sp³-hybridized carbons (Fsp3) is 0.571. The lowest BCUT2D eigenvalue weighted by Gasteiger charge is -2.36. The third-order valence-corrected chi connectivity index (χ3v) is 4.47. The first kappa shape index (κ1) is 14.1. The van der Waals surface area contributed by atoms with Gasteiger partial charge in [-0.15, -0.1) is 11.6 Å². The molecule has 0 saturated heterocycles. The van der Waals surface area contributed by atoms with E-state index in [1.54, 1.807) is 12.1 Å². The summed E-state index contributed by atoms with van der Waals surface area (Å²) in [6.45, 7) is 0.485. The molecule has 1 aromatic carbocycles. The van der Waals surface area contributed by atoms with E-state index in [0.717, 1.165) is 12.8 Å². The van der Waals surface area contributed by atoms with Crippen molar-refractivity contribution < 1.29 is 4.39 Å². The zero-order chi connectivity index (χ0) is 13.0. The van der Waals surface area contributed by atoms with Gasteiger partial charge < -0.3 is 5.32 Å². The molecular formula is C14H18Cl2FN. The molecule has 18 heavy (non-hydrogen) atoms. The summed E-state index contributed by atoms with van der Waals surface area (Å²) in [5.41, 5.74) is 0.576. The van der Waals surface area contributed by atoms with Crippen molar-refractivity contribution in [1.29, 1.82) is 0 Å². The Balaban J connectivity index is 2.03. The fourth-order valence-corrected chi connectivity index (χ4v) is 3.10. The highest BCUT2D eigenvalue weighted by atomic mass is 35.5. The molecular weight excluding hydrogens is 272 g/mol. The number of hydrogen-bond acceptors (Lipinski definition) is 1. The van der Waals surface area contributed by atoms with Crippen molar-refractivity contribution in [2.75, 3.05) is 5.88 Å². The number of halogens is 3. The van der Waals surface area contributed by atoms with Crippen LogP contribution in [0.15, 0.2) is 18.2 Å². The van der Waals surface area contributed by atoms with E-state index >= 15 is 0 Å². The predicted octanol–water partition coefficient (Wildman–Crippen LogP) is 4.51. The Labute approximate surface area is 118 Å². The summed E-state index contributed by atoms with van der Waals surface area (Å²) in [6.07, 6.45) is 5.79. The first-order valence-electron chi connectivity index (χ1n) is 6.40. The van der Waals surface area contributed by atoms with E-state index in [1.165, 1.54) is 25.3 Å². The molecule has 0 amide bonds. The second-order valence-corrected chi connectivity index (χ2v) is 5.77. The van der Waals surface area contributed by atoms with Crippen LogP contribution in [0.2, 0.25) is 5.02 Å². The van der Waals surface area contributed by atoms with Crippen LogP contribution in [0, 0.1) is 5.82 Å². The SMILES string of the molecule is Fc1ccc(Cl)cc1CNC1(CCl)CCCCC1. The van der Waals surface area contributed by atoms with E-state index in [0.29, 0.717) is 23.0 Å². The van der Waals surface area contributed by atoms with E-state index in [9.17, 15) is 4.39 Å². The lowest BCUT2D eigenvalue weighted by atomic mass is 9.83. The van der Waals surface area contributed by atoms with Crippen LogP contribution >= 0.6 is 23.2 Å². The monoisotopic (exact) mass is 289 g/mol. The van der Waals surface area contributed by atoms with E-state index in [1.807, 2.05) is 0 Å². The Morgan fingerprint density at radius 3 is 2.61 bits per heavy atom. The van der Waals surface area contributed by atoms with Gasteiger partial charge in [-0.1, -0.05) is 30.9 Å². The van der Waals surface area contributed by atoms with Crippen LogP contribution in [-0.2, 0) is 6.54 Å². The predicted molar refractivity (Wildman–Crippen MR) is 74.8 cm³/mol. The van der Waals surface area contributed by atoms with Gasteiger partial charge in [0.1, 0.15) is 5.82 Å². The van der Waals surface area contributed by atoms with Gasteiger partial charge in [0, 0.05) is 28.5 Å². The molecule has 1 nitrogen and oxygen atoms in total. The summed E-state index contributed by atoms with van der Waals surface area (Å²) in [7, 11) is 0. The molecule has 0 atom stereocenters. The molecule has 0 aliphatic heterocycles. The Bertz CT molecular complexity index is 403. The van der Waals surface area contributed by atoms with Gasteiger partial charge in [0.05, 0.1) is 0 Å². The van der Waals surface area contributed by atoms with E-state index in [-0.39, 0.29) is 11.4 Å². The van der Waals surface area contributed by atoms with Crippen LogP contribution in [0.1, 0.15) is 37.7 Å². The van der Waals surface area contributed by atoms with Gasteiger partial charge in [-0.25, -0.2) is 4.39 Å². The molecule has 100 valence electrons. The summed E-state index contributed by atoms with van der Waals surface area (Å²) < 4.78 is 13.6. The van der Waals surface area contributed by atoms with E-state index in [4.69, 9.17) is 23.2 Å². The van der Waals surface area contributed by atoms with Gasteiger partial charge in [-0.3, -0.25) is 0 Å². The van der Waals surface area contributed by atoms with Crippen LogP contribution in [0.5, 0.6) is 0 Å². The summed E-state index contributed by atoms with van der Waals surface area (Å²) in [4.78, 5) is 0. The molecule has 0 bridgehead atoms. The van der Waals surface area contributed by atoms with Gasteiger partial charge in [-0.05, 0) is 31.0 Å². The smallest absolute Gasteiger partial charge is 0.127 e. The van der Waals surface area contributed by atoms with Crippen molar-refractivity contribution in [3.05, 3.63) is 34.6 Å². The molecule has 2 rings (SSSR count). The van der Waals surface area contributed by atoms with Crippen LogP contribution in [0.25, 0.3) is 0 Å². The van der Waals surface area contributed by atoms with Crippen molar-refractivity contribution >= 4 is 23.2 Å². The van der Waals surface area contributed by atoms with Gasteiger partial charge in [-0.2, -0.15) is 0 Å². The Morgan fingerprint density at radius 1 is 1.22 bits per heavy atom. The number of hydrogen-bond donors (Lipinski definition) is 1. The molecule has 0 spiro atoms. The Hall–Kier alpha value is -0.310. The van der Waals surface area contributed by atoms with E-state index < -0.39 is 0 Å². The van der Waals surface area contributed by atoms with Gasteiger partial charge in [0.2, 0.25) is 0 Å². The molecule has 0 aromatic heterocycles. The highest BCUT2D eigenvalue weighted by molar-refractivity contribution is 6.30. The lowest BCUT2D eigenvalue weighted by Crippen LogP contribution is -2.48. The number of benzene rings is 1. The summed E-state index contributed by atoms with van der Waals surface area (Å²) in [6, 6.07) is 4.65. The highest BCUT2D eigenvalue weighted by Crippen LogP contribution is 2.30. The molecule has 1 aromatic rings. The van der Waals surface area contributed by atoms with Crippen LogP contribution < -0.4 is 5.32 Å². The molecule has 1 aliphatic rings. The molecule has 1 fully saturated rings. The van der Waals surface area contributed by atoms with E-state index in [2.05, 4.69) is 5.32 Å². The summed E-state index contributed by atoms with van der Waals surface area (Å²) in [5.74, 6) is 0.363. The molecule has 0 radical (unpaired) electrons. The van der Waals surface area contributed by atoms with Crippen LogP contribution in [-0.4, -0.2) is 11.4 Å². The van der Waals surface area contributed by atoms with Gasteiger partial charge in [0.15, 0.2) is 0 Å². The zero-order valence-corrected chi connectivity index (χ0v) is 11.8. The van der Waals surface area contributed by atoms with Crippen molar-refractivity contribution in [1.82, 2.24) is 5.32 Å². The number of nitrogens with one attached hydrogen (secondary N) is 1. The maximum absolute atomic E-state index is 13.6. The summed E-state index contributed by atoms with van der Waals surface area (Å²) >= 11 is 12.0. The van der Waals surface area contributed by atoms with Gasteiger partial charge >= 0.3 is 0 Å². The molecule has 4 heteroatoms. The third-order valence-electron chi connectivity index (χ3n) is 3.73. The van der Waals surface area contributed by atoms with Crippen molar-refractivity contribution in [2.24, 2.45) is 0 Å². The highest BCUT2D eigenvalue weighted by Gasteiger charge is 2.30. The van der Waals surface area contributed by atoms with Gasteiger partial charge in [0.25, 0.3) is 0 Å². The normalized spacial score (nSPS) is 18.8. The maximum Gasteiger partial charge on any atom is 0.127 e. The second-order valence-electron chi connectivity index (χ2n) is 5.06. The number of rotatable bonds is 4. The van der Waals surface area contributed by atoms with Crippen LogP contribution in [0.4, 0.5) is 4.39 Å². The average molecular weight is 290 g/mol. The minimum atomic E-state index is -0.215. The van der Waals surface area contributed by atoms with Crippen molar-refractivity contribution in [2.45, 2.75) is 44.2 Å². The third kappa shape index (κ3) is 3.37. The first-order chi connectivity index (χ1) is 8.65. The minimum Gasteiger partial charge on any atom is -0.306 e. The maximum atomic E-state index is 13.6. The van der Waals surface area contributed by atoms with Crippen molar-refractivity contribution in [3.8, 4) is 0 Å². The second kappa shape index (κ2) is 6.23. The number of alkyl halides is 1. The van der Waals surface area contributed by atoms with Crippen LogP contribution in [0.3, 0.4) is 0 Å². The quantitative estimate of drug-likeness (QED) is 0.804. The summed E-state index contributed by atoms with van der Waals surface area (Å²) in [5, 5.41) is 4.00. The molecule has 0 heterocycles. The standard InChI is InChI=1S/C14H18Cl2FN/c15-10-14(6-2-1-3-7-14)18-9-11-8-12(16)4-5-13(11)17/h4-5,8,18H,1-3,6-7,9-10H2. The zero-order valence-electron chi connectivity index (χ0n) is 10.3. The average Bonchev–Trinajstić information content (AvgIpc) is 2.41.